The molecule has 3 saturated heterocycles. The number of para-hydroxylation sites is 1. The number of halogens is 6. The summed E-state index contributed by atoms with van der Waals surface area (Å²) in [4.78, 5) is 6.79. The fourth-order valence-electron chi connectivity index (χ4n) is 5.83. The zero-order chi connectivity index (χ0) is 27.9. The van der Waals surface area contributed by atoms with Crippen LogP contribution in [-0.4, -0.2) is 34.1 Å². The summed E-state index contributed by atoms with van der Waals surface area (Å²) in [5, 5.41) is 6.65. The smallest absolute Gasteiger partial charge is 0.354 e. The Labute approximate surface area is 227 Å². The van der Waals surface area contributed by atoms with E-state index in [-0.39, 0.29) is 23.3 Å². The van der Waals surface area contributed by atoms with Crippen molar-refractivity contribution in [2.75, 3.05) is 18.4 Å². The van der Waals surface area contributed by atoms with Gasteiger partial charge in [0.05, 0.1) is 22.7 Å². The van der Waals surface area contributed by atoms with Crippen LogP contribution in [0, 0.1) is 11.8 Å². The fourth-order valence-corrected chi connectivity index (χ4v) is 6.07. The summed E-state index contributed by atoms with van der Waals surface area (Å²) in [5.74, 6) is 0.787. The predicted octanol–water partition coefficient (Wildman–Crippen LogP) is 7.20. The number of alkyl halides is 6. The molecule has 0 saturated carbocycles. The first-order valence-corrected chi connectivity index (χ1v) is 12.9. The molecule has 2 aromatic carbocycles. The van der Waals surface area contributed by atoms with E-state index in [4.69, 9.17) is 12.2 Å². The molecule has 11 heteroatoms. The Bertz CT molecular complexity index is 1350. The molecule has 4 nitrogen and oxygen atoms in total. The highest BCUT2D eigenvalue weighted by molar-refractivity contribution is 7.80. The molecule has 39 heavy (non-hydrogen) atoms. The fraction of sp³-hybridized carbons (Fsp3) is 0.357. The topological polar surface area (TPSA) is 40.2 Å². The van der Waals surface area contributed by atoms with Crippen LogP contribution in [0.1, 0.15) is 35.6 Å². The van der Waals surface area contributed by atoms with Gasteiger partial charge in [-0.2, -0.15) is 26.3 Å². The normalized spacial score (nSPS) is 23.8. The zero-order valence-electron chi connectivity index (χ0n) is 20.7. The van der Waals surface area contributed by atoms with Gasteiger partial charge in [-0.1, -0.05) is 24.3 Å². The number of nitrogens with one attached hydrogen (secondary N) is 2. The van der Waals surface area contributed by atoms with Crippen molar-refractivity contribution in [1.29, 1.82) is 0 Å². The van der Waals surface area contributed by atoms with Crippen LogP contribution in [0.3, 0.4) is 0 Å². The van der Waals surface area contributed by atoms with E-state index in [0.717, 1.165) is 42.4 Å². The first-order valence-electron chi connectivity index (χ1n) is 12.5. The predicted molar refractivity (Wildman–Crippen MR) is 142 cm³/mol. The number of anilines is 1. The van der Waals surface area contributed by atoms with Crippen molar-refractivity contribution < 1.29 is 26.3 Å². The molecule has 6 rings (SSSR count). The zero-order valence-corrected chi connectivity index (χ0v) is 21.5. The van der Waals surface area contributed by atoms with Gasteiger partial charge in [0.25, 0.3) is 0 Å². The molecule has 3 aliphatic heterocycles. The Morgan fingerprint density at radius 3 is 2.36 bits per heavy atom. The molecule has 5 atom stereocenters. The highest BCUT2D eigenvalue weighted by atomic mass is 32.1. The van der Waals surface area contributed by atoms with Gasteiger partial charge < -0.3 is 10.6 Å². The summed E-state index contributed by atoms with van der Waals surface area (Å²) in [6.07, 6.45) is -4.37. The molecule has 0 amide bonds. The molecular weight excluding hydrogens is 538 g/mol. The second-order valence-electron chi connectivity index (χ2n) is 10.0. The van der Waals surface area contributed by atoms with E-state index in [2.05, 4.69) is 27.1 Å². The molecule has 0 aliphatic carbocycles. The van der Waals surface area contributed by atoms with E-state index < -0.39 is 29.2 Å². The minimum absolute atomic E-state index is 0.00208. The summed E-state index contributed by atoms with van der Waals surface area (Å²) < 4.78 is 80.3. The number of aromatic nitrogens is 1. The van der Waals surface area contributed by atoms with Gasteiger partial charge in [-0.25, -0.2) is 0 Å². The second kappa shape index (κ2) is 10.4. The molecule has 3 aliphatic rings. The number of rotatable bonds is 5. The minimum atomic E-state index is -4.96. The molecule has 2 N–H and O–H groups in total. The van der Waals surface area contributed by atoms with Crippen LogP contribution in [0.25, 0.3) is 10.9 Å². The Kier molecular flexibility index (Phi) is 7.32. The monoisotopic (exact) mass is 564 g/mol. The van der Waals surface area contributed by atoms with Crippen LogP contribution >= 0.6 is 12.2 Å². The highest BCUT2D eigenvalue weighted by Gasteiger charge is 2.43. The third-order valence-electron chi connectivity index (χ3n) is 7.69. The summed E-state index contributed by atoms with van der Waals surface area (Å²) in [6, 6.07) is 10.4. The summed E-state index contributed by atoms with van der Waals surface area (Å²) in [7, 11) is 0. The number of fused-ring (bicyclic) bond motifs is 4. The van der Waals surface area contributed by atoms with Crippen LogP contribution < -0.4 is 10.6 Å². The second-order valence-corrected chi connectivity index (χ2v) is 10.4. The number of piperidine rings is 3. The van der Waals surface area contributed by atoms with E-state index >= 15 is 0 Å². The molecule has 3 fully saturated rings. The molecule has 5 unspecified atom stereocenters. The molecule has 3 aromatic rings. The SMILES string of the molecule is C=CC1CN2CCC1CC2C(NC(=S)Nc1cc(C(F)(F)F)cc(C(F)(F)F)c1)c1ccnc2ccccc12. The van der Waals surface area contributed by atoms with Crippen molar-refractivity contribution in [2.24, 2.45) is 11.8 Å². The third kappa shape index (κ3) is 5.74. The standard InChI is InChI=1S/C28H26F6N4S/c1-2-16-15-38-10-8-17(16)11-24(38)25(22-7-9-35-23-6-4-3-5-21(22)23)37-26(39)36-20-13-18(27(29,30)31)12-19(14-20)28(32,33)34/h2-7,9,12-14,16-17,24-25H,1,8,10-11,15H2,(H2,36,37,39). The van der Waals surface area contributed by atoms with E-state index in [9.17, 15) is 26.3 Å². The lowest BCUT2D eigenvalue weighted by molar-refractivity contribution is -0.143. The van der Waals surface area contributed by atoms with Gasteiger partial charge in [0.15, 0.2) is 5.11 Å². The number of hydrogen-bond acceptors (Lipinski definition) is 3. The van der Waals surface area contributed by atoms with Gasteiger partial charge in [-0.15, -0.1) is 6.58 Å². The molecular formula is C28H26F6N4S. The van der Waals surface area contributed by atoms with Crippen LogP contribution in [0.2, 0.25) is 0 Å². The maximum Gasteiger partial charge on any atom is 0.416 e. The van der Waals surface area contributed by atoms with Crippen LogP contribution in [-0.2, 0) is 12.4 Å². The Morgan fingerprint density at radius 1 is 1.05 bits per heavy atom. The third-order valence-corrected chi connectivity index (χ3v) is 7.91. The summed E-state index contributed by atoms with van der Waals surface area (Å²) >= 11 is 5.47. The largest absolute Gasteiger partial charge is 0.416 e. The molecule has 206 valence electrons. The van der Waals surface area contributed by atoms with Crippen molar-refractivity contribution in [3.8, 4) is 0 Å². The molecule has 1 aromatic heterocycles. The van der Waals surface area contributed by atoms with Gasteiger partial charge >= 0.3 is 12.4 Å². The van der Waals surface area contributed by atoms with Gasteiger partial charge in [0, 0.05) is 29.9 Å². The average Bonchev–Trinajstić information content (AvgIpc) is 2.90. The van der Waals surface area contributed by atoms with E-state index in [1.54, 1.807) is 6.20 Å². The first kappa shape index (κ1) is 27.4. The summed E-state index contributed by atoms with van der Waals surface area (Å²) in [6.45, 7) is 5.68. The Morgan fingerprint density at radius 2 is 1.74 bits per heavy atom. The van der Waals surface area contributed by atoms with Gasteiger partial charge in [-0.3, -0.25) is 9.88 Å². The Balaban J connectivity index is 1.48. The maximum absolute atomic E-state index is 13.4. The minimum Gasteiger partial charge on any atom is -0.354 e. The van der Waals surface area contributed by atoms with Crippen molar-refractivity contribution in [3.63, 3.8) is 0 Å². The molecule has 4 heterocycles. The van der Waals surface area contributed by atoms with Crippen molar-refractivity contribution in [3.05, 3.63) is 84.1 Å². The van der Waals surface area contributed by atoms with E-state index in [0.29, 0.717) is 24.0 Å². The van der Waals surface area contributed by atoms with Gasteiger partial charge in [-0.05, 0) is 79.3 Å². The quantitative estimate of drug-likeness (QED) is 0.195. The van der Waals surface area contributed by atoms with Crippen LogP contribution in [0.5, 0.6) is 0 Å². The lowest BCUT2D eigenvalue weighted by atomic mass is 9.73. The molecule has 0 spiro atoms. The first-order chi connectivity index (χ1) is 18.4. The molecule has 2 bridgehead atoms. The number of pyridine rings is 1. The lowest BCUT2D eigenvalue weighted by Gasteiger charge is -2.52. The Hall–Kier alpha value is -3.18. The molecule has 0 radical (unpaired) electrons. The van der Waals surface area contributed by atoms with Crippen molar-refractivity contribution >= 4 is 33.9 Å². The number of thiocarbonyl (C=S) groups is 1. The number of benzene rings is 2. The van der Waals surface area contributed by atoms with Crippen LogP contribution in [0.15, 0.2) is 67.4 Å². The van der Waals surface area contributed by atoms with Gasteiger partial charge in [0.1, 0.15) is 0 Å². The van der Waals surface area contributed by atoms with E-state index in [1.807, 2.05) is 36.4 Å². The maximum atomic E-state index is 13.4. The lowest BCUT2D eigenvalue weighted by Crippen LogP contribution is -2.57. The van der Waals surface area contributed by atoms with Gasteiger partial charge in [0.2, 0.25) is 0 Å². The number of nitrogens with zero attached hydrogens (tertiary/aromatic N) is 2. The average molecular weight is 565 g/mol. The van der Waals surface area contributed by atoms with Crippen molar-refractivity contribution in [2.45, 2.75) is 37.3 Å². The highest BCUT2D eigenvalue weighted by Crippen LogP contribution is 2.42. The number of hydrogen-bond donors (Lipinski definition) is 2. The van der Waals surface area contributed by atoms with E-state index in [1.165, 1.54) is 0 Å². The van der Waals surface area contributed by atoms with Crippen LogP contribution in [0.4, 0.5) is 32.0 Å². The van der Waals surface area contributed by atoms with Crippen molar-refractivity contribution in [1.82, 2.24) is 15.2 Å². The summed E-state index contributed by atoms with van der Waals surface area (Å²) in [5.41, 5.74) is -1.55.